The summed E-state index contributed by atoms with van der Waals surface area (Å²) >= 11 is 0. The third-order valence-corrected chi connectivity index (χ3v) is 3.68. The Morgan fingerprint density at radius 1 is 1.33 bits per heavy atom. The van der Waals surface area contributed by atoms with Crippen LogP contribution in [0.25, 0.3) is 5.65 Å². The van der Waals surface area contributed by atoms with Crippen molar-refractivity contribution in [2.45, 2.75) is 25.1 Å². The molecule has 6 nitrogen and oxygen atoms in total. The summed E-state index contributed by atoms with van der Waals surface area (Å²) in [5, 5.41) is 14.0. The number of aromatic nitrogens is 4. The predicted molar refractivity (Wildman–Crippen MR) is 70.1 cm³/mol. The minimum Gasteiger partial charge on any atom is -0.354 e. The molecule has 0 aromatic carbocycles. The SMILES string of the molecule is CN(c1ccc2nnc(C(F)(F)F)n2n1)C1CCCNC1. The number of fused-ring (bicyclic) bond motifs is 1. The van der Waals surface area contributed by atoms with Crippen molar-refractivity contribution in [1.29, 1.82) is 0 Å². The van der Waals surface area contributed by atoms with Gasteiger partial charge in [0.2, 0.25) is 0 Å². The molecule has 1 saturated heterocycles. The maximum atomic E-state index is 12.9. The van der Waals surface area contributed by atoms with Gasteiger partial charge in [0.05, 0.1) is 0 Å². The number of hydrogen-bond donors (Lipinski definition) is 1. The van der Waals surface area contributed by atoms with E-state index in [-0.39, 0.29) is 11.7 Å². The summed E-state index contributed by atoms with van der Waals surface area (Å²) in [6.45, 7) is 1.77. The lowest BCUT2D eigenvalue weighted by Crippen LogP contribution is -2.44. The summed E-state index contributed by atoms with van der Waals surface area (Å²) in [5.41, 5.74) is 0.0845. The number of rotatable bonds is 2. The molecule has 0 saturated carbocycles. The Morgan fingerprint density at radius 2 is 2.14 bits per heavy atom. The zero-order chi connectivity index (χ0) is 15.0. The molecule has 2 aromatic heterocycles. The molecule has 1 aliphatic rings. The van der Waals surface area contributed by atoms with Gasteiger partial charge >= 0.3 is 6.18 Å². The van der Waals surface area contributed by atoms with Crippen LogP contribution in [0.15, 0.2) is 12.1 Å². The first-order chi connectivity index (χ1) is 9.97. The molecule has 114 valence electrons. The van der Waals surface area contributed by atoms with Crippen LogP contribution in [-0.4, -0.2) is 46.0 Å². The van der Waals surface area contributed by atoms with Crippen LogP contribution in [0, 0.1) is 0 Å². The monoisotopic (exact) mass is 300 g/mol. The molecule has 0 aliphatic carbocycles. The Kier molecular flexibility index (Phi) is 3.44. The molecule has 0 amide bonds. The van der Waals surface area contributed by atoms with Crippen LogP contribution in [0.2, 0.25) is 0 Å². The molecule has 9 heteroatoms. The Labute approximate surface area is 119 Å². The topological polar surface area (TPSA) is 58.4 Å². The fraction of sp³-hybridized carbons (Fsp3) is 0.583. The fourth-order valence-corrected chi connectivity index (χ4v) is 2.50. The average Bonchev–Trinajstić information content (AvgIpc) is 2.90. The highest BCUT2D eigenvalue weighted by Gasteiger charge is 2.37. The van der Waals surface area contributed by atoms with Gasteiger partial charge in [-0.15, -0.1) is 15.3 Å². The van der Waals surface area contributed by atoms with E-state index >= 15 is 0 Å². The van der Waals surface area contributed by atoms with Gasteiger partial charge in [0.1, 0.15) is 5.82 Å². The van der Waals surface area contributed by atoms with Crippen LogP contribution in [0.4, 0.5) is 19.0 Å². The van der Waals surface area contributed by atoms with E-state index in [4.69, 9.17) is 0 Å². The Hall–Kier alpha value is -1.90. The number of likely N-dealkylation sites (N-methyl/N-ethyl adjacent to an activating group) is 1. The lowest BCUT2D eigenvalue weighted by Gasteiger charge is -2.32. The number of alkyl halides is 3. The number of anilines is 1. The molecule has 0 radical (unpaired) electrons. The number of nitrogens with zero attached hydrogens (tertiary/aromatic N) is 5. The molecule has 1 unspecified atom stereocenters. The lowest BCUT2D eigenvalue weighted by atomic mass is 10.1. The summed E-state index contributed by atoms with van der Waals surface area (Å²) in [7, 11) is 1.84. The molecular weight excluding hydrogens is 285 g/mol. The number of hydrogen-bond acceptors (Lipinski definition) is 5. The highest BCUT2D eigenvalue weighted by atomic mass is 19.4. The van der Waals surface area contributed by atoms with E-state index in [9.17, 15) is 13.2 Å². The maximum absolute atomic E-state index is 12.9. The summed E-state index contributed by atoms with van der Waals surface area (Å²) < 4.78 is 39.3. The first kappa shape index (κ1) is 14.1. The second-order valence-corrected chi connectivity index (χ2v) is 5.09. The molecule has 1 atom stereocenters. The van der Waals surface area contributed by atoms with Gasteiger partial charge < -0.3 is 10.2 Å². The third-order valence-electron chi connectivity index (χ3n) is 3.68. The van der Waals surface area contributed by atoms with Crippen molar-refractivity contribution in [2.75, 3.05) is 25.0 Å². The van der Waals surface area contributed by atoms with Crippen LogP contribution >= 0.6 is 0 Å². The largest absolute Gasteiger partial charge is 0.453 e. The lowest BCUT2D eigenvalue weighted by molar-refractivity contribution is -0.146. The molecule has 1 aliphatic heterocycles. The molecular formula is C12H15F3N6. The van der Waals surface area contributed by atoms with Gasteiger partial charge in [0.25, 0.3) is 5.82 Å². The first-order valence-corrected chi connectivity index (χ1v) is 6.70. The van der Waals surface area contributed by atoms with E-state index in [1.54, 1.807) is 6.07 Å². The van der Waals surface area contributed by atoms with Crippen LogP contribution in [0.1, 0.15) is 18.7 Å². The van der Waals surface area contributed by atoms with Crippen molar-refractivity contribution in [3.05, 3.63) is 18.0 Å². The van der Waals surface area contributed by atoms with Gasteiger partial charge in [-0.05, 0) is 31.5 Å². The predicted octanol–water partition coefficient (Wildman–Crippen LogP) is 1.33. The van der Waals surface area contributed by atoms with Crippen molar-refractivity contribution in [2.24, 2.45) is 0 Å². The first-order valence-electron chi connectivity index (χ1n) is 6.70. The zero-order valence-electron chi connectivity index (χ0n) is 11.4. The normalized spacial score (nSPS) is 19.9. The van der Waals surface area contributed by atoms with Gasteiger partial charge in [-0.25, -0.2) is 0 Å². The molecule has 0 bridgehead atoms. The van der Waals surface area contributed by atoms with E-state index in [2.05, 4.69) is 20.6 Å². The molecule has 1 N–H and O–H groups in total. The second kappa shape index (κ2) is 5.14. The molecule has 21 heavy (non-hydrogen) atoms. The minimum atomic E-state index is -4.57. The number of piperidine rings is 1. The van der Waals surface area contributed by atoms with Crippen LogP contribution in [0.5, 0.6) is 0 Å². The highest BCUT2D eigenvalue weighted by molar-refractivity contribution is 5.46. The van der Waals surface area contributed by atoms with Gasteiger partial charge in [-0.1, -0.05) is 0 Å². The average molecular weight is 300 g/mol. The van der Waals surface area contributed by atoms with E-state index < -0.39 is 12.0 Å². The fourth-order valence-electron chi connectivity index (χ4n) is 2.50. The van der Waals surface area contributed by atoms with Crippen molar-refractivity contribution < 1.29 is 13.2 Å². The Balaban J connectivity index is 1.96. The molecule has 1 fully saturated rings. The second-order valence-electron chi connectivity index (χ2n) is 5.09. The summed E-state index contributed by atoms with van der Waals surface area (Å²) in [6.07, 6.45) is -2.55. The van der Waals surface area contributed by atoms with Crippen LogP contribution in [-0.2, 0) is 6.18 Å². The van der Waals surface area contributed by atoms with Gasteiger partial charge in [0.15, 0.2) is 5.65 Å². The molecule has 2 aromatic rings. The molecule has 0 spiro atoms. The van der Waals surface area contributed by atoms with Crippen LogP contribution < -0.4 is 10.2 Å². The van der Waals surface area contributed by atoms with E-state index in [1.165, 1.54) is 6.07 Å². The highest BCUT2D eigenvalue weighted by Crippen LogP contribution is 2.28. The minimum absolute atomic E-state index is 0.0845. The Morgan fingerprint density at radius 3 is 2.81 bits per heavy atom. The van der Waals surface area contributed by atoms with Crippen molar-refractivity contribution in [3.8, 4) is 0 Å². The summed E-state index contributed by atoms with van der Waals surface area (Å²) in [5.74, 6) is -0.629. The van der Waals surface area contributed by atoms with Crippen molar-refractivity contribution >= 4 is 11.5 Å². The van der Waals surface area contributed by atoms with Gasteiger partial charge in [-0.2, -0.15) is 17.7 Å². The van der Waals surface area contributed by atoms with E-state index in [0.29, 0.717) is 5.82 Å². The van der Waals surface area contributed by atoms with Crippen molar-refractivity contribution in [3.63, 3.8) is 0 Å². The number of halogens is 3. The standard InChI is InChI=1S/C12H15F3N6/c1-20(8-3-2-6-16-7-8)10-5-4-9-17-18-11(12(13,14)15)21(9)19-10/h4-5,8,16H,2-3,6-7H2,1H3. The third kappa shape index (κ3) is 2.65. The van der Waals surface area contributed by atoms with Gasteiger partial charge in [0, 0.05) is 19.6 Å². The van der Waals surface area contributed by atoms with Gasteiger partial charge in [-0.3, -0.25) is 0 Å². The van der Waals surface area contributed by atoms with E-state index in [1.807, 2.05) is 11.9 Å². The van der Waals surface area contributed by atoms with E-state index in [0.717, 1.165) is 30.4 Å². The maximum Gasteiger partial charge on any atom is 0.453 e. The quantitative estimate of drug-likeness (QED) is 0.907. The van der Waals surface area contributed by atoms with Crippen molar-refractivity contribution in [1.82, 2.24) is 25.1 Å². The molecule has 3 rings (SSSR count). The summed E-state index contributed by atoms with van der Waals surface area (Å²) in [6, 6.07) is 3.38. The smallest absolute Gasteiger partial charge is 0.354 e. The molecule has 3 heterocycles. The Bertz CT molecular complexity index is 631. The number of nitrogens with one attached hydrogen (secondary N) is 1. The summed E-state index contributed by atoms with van der Waals surface area (Å²) in [4.78, 5) is 1.89. The van der Waals surface area contributed by atoms with Crippen LogP contribution in [0.3, 0.4) is 0 Å². The zero-order valence-corrected chi connectivity index (χ0v) is 11.4.